The summed E-state index contributed by atoms with van der Waals surface area (Å²) in [5.74, 6) is -1.22. The number of carbonyl (C=O) groups is 2. The van der Waals surface area contributed by atoms with Gasteiger partial charge in [0.05, 0.1) is 35.5 Å². The molecule has 1 fully saturated rings. The number of esters is 2. The molecule has 0 spiro atoms. The maximum atomic E-state index is 13.2. The summed E-state index contributed by atoms with van der Waals surface area (Å²) in [7, 11) is -2.66. The van der Waals surface area contributed by atoms with Gasteiger partial charge in [-0.2, -0.15) is 4.31 Å². The Balaban J connectivity index is 1.78. The highest BCUT2D eigenvalue weighted by molar-refractivity contribution is 7.89. The Kier molecular flexibility index (Phi) is 7.55. The molecule has 0 aromatic heterocycles. The molecule has 2 unspecified atom stereocenters. The lowest BCUT2D eigenvalue weighted by atomic mass is 10.1. The van der Waals surface area contributed by atoms with Crippen LogP contribution in [0.5, 0.6) is 0 Å². The van der Waals surface area contributed by atoms with Gasteiger partial charge >= 0.3 is 11.9 Å². The van der Waals surface area contributed by atoms with Crippen LogP contribution in [0.2, 0.25) is 5.02 Å². The van der Waals surface area contributed by atoms with Crippen molar-refractivity contribution in [1.29, 1.82) is 0 Å². The first-order valence-corrected chi connectivity index (χ1v) is 11.7. The summed E-state index contributed by atoms with van der Waals surface area (Å²) in [6.07, 6.45) is -0.526. The molecule has 0 amide bonds. The van der Waals surface area contributed by atoms with Gasteiger partial charge in [0.25, 0.3) is 0 Å². The minimum absolute atomic E-state index is 0.0131. The van der Waals surface area contributed by atoms with Crippen molar-refractivity contribution in [2.45, 2.75) is 37.6 Å². The van der Waals surface area contributed by atoms with Gasteiger partial charge in [0.15, 0.2) is 0 Å². The molecule has 0 N–H and O–H groups in total. The Hall–Kier alpha value is -2.46. The molecular weight excluding hydrogens is 458 g/mol. The smallest absolute Gasteiger partial charge is 0.338 e. The number of sulfonamides is 1. The first-order valence-electron chi connectivity index (χ1n) is 9.91. The zero-order valence-corrected chi connectivity index (χ0v) is 19.5. The van der Waals surface area contributed by atoms with Crippen molar-refractivity contribution < 1.29 is 32.2 Å². The summed E-state index contributed by atoms with van der Waals surface area (Å²) in [4.78, 5) is 24.1. The summed E-state index contributed by atoms with van der Waals surface area (Å²) in [5.41, 5.74) is 0.959. The highest BCUT2D eigenvalue weighted by atomic mass is 35.5. The van der Waals surface area contributed by atoms with E-state index in [-0.39, 0.29) is 47.4 Å². The van der Waals surface area contributed by atoms with Gasteiger partial charge in [-0.05, 0) is 49.7 Å². The number of rotatable bonds is 6. The summed E-state index contributed by atoms with van der Waals surface area (Å²) < 4.78 is 43.2. The third kappa shape index (κ3) is 5.47. The van der Waals surface area contributed by atoms with E-state index in [0.29, 0.717) is 11.1 Å². The van der Waals surface area contributed by atoms with Gasteiger partial charge in [-0.1, -0.05) is 23.7 Å². The summed E-state index contributed by atoms with van der Waals surface area (Å²) in [5, 5.41) is 0.0131. The van der Waals surface area contributed by atoms with Gasteiger partial charge in [0.1, 0.15) is 11.5 Å². The van der Waals surface area contributed by atoms with Crippen molar-refractivity contribution >= 4 is 33.6 Å². The van der Waals surface area contributed by atoms with Gasteiger partial charge in [-0.15, -0.1) is 0 Å². The van der Waals surface area contributed by atoms with E-state index in [9.17, 15) is 18.0 Å². The molecule has 10 heteroatoms. The zero-order chi connectivity index (χ0) is 23.5. The number of ether oxygens (including phenoxy) is 3. The van der Waals surface area contributed by atoms with Crippen molar-refractivity contribution in [2.75, 3.05) is 20.2 Å². The van der Waals surface area contributed by atoms with E-state index < -0.39 is 22.0 Å². The highest BCUT2D eigenvalue weighted by Gasteiger charge is 2.34. The fourth-order valence-corrected chi connectivity index (χ4v) is 5.52. The second-order valence-electron chi connectivity index (χ2n) is 7.49. The monoisotopic (exact) mass is 481 g/mol. The molecule has 32 heavy (non-hydrogen) atoms. The van der Waals surface area contributed by atoms with Gasteiger partial charge in [-0.3, -0.25) is 0 Å². The van der Waals surface area contributed by atoms with Crippen LogP contribution in [-0.4, -0.2) is 57.1 Å². The Morgan fingerprint density at radius 2 is 1.72 bits per heavy atom. The molecule has 1 saturated heterocycles. The molecule has 0 bridgehead atoms. The van der Waals surface area contributed by atoms with Gasteiger partial charge in [0, 0.05) is 13.1 Å². The van der Waals surface area contributed by atoms with Crippen LogP contribution in [0, 0.1) is 0 Å². The average Bonchev–Trinajstić information content (AvgIpc) is 2.76. The number of carbonyl (C=O) groups excluding carboxylic acids is 2. The SMILES string of the molecule is COC(=O)c1cccc(COC(=O)c2ccc(Cl)c(S(=O)(=O)N3CC(C)OC(C)C3)c2)c1. The van der Waals surface area contributed by atoms with E-state index in [2.05, 4.69) is 4.74 Å². The van der Waals surface area contributed by atoms with E-state index in [4.69, 9.17) is 21.1 Å². The average molecular weight is 482 g/mol. The highest BCUT2D eigenvalue weighted by Crippen LogP contribution is 2.28. The summed E-state index contributed by atoms with van der Waals surface area (Å²) in [6.45, 7) is 3.86. The maximum absolute atomic E-state index is 13.2. The zero-order valence-electron chi connectivity index (χ0n) is 17.9. The molecule has 0 saturated carbocycles. The standard InChI is InChI=1S/C22H24ClNO7S/c1-14-11-24(12-15(2)31-14)32(27,28)20-10-18(7-8-19(20)23)22(26)30-13-16-5-4-6-17(9-16)21(25)29-3/h4-10,14-15H,11-13H2,1-3H3. The maximum Gasteiger partial charge on any atom is 0.338 e. The Bertz CT molecular complexity index is 1110. The minimum Gasteiger partial charge on any atom is -0.465 e. The fraction of sp³-hybridized carbons (Fsp3) is 0.364. The van der Waals surface area contributed by atoms with Crippen LogP contribution >= 0.6 is 11.6 Å². The normalized spacial score (nSPS) is 19.4. The molecule has 2 atom stereocenters. The van der Waals surface area contributed by atoms with E-state index in [0.717, 1.165) is 0 Å². The Labute approximate surface area is 192 Å². The molecule has 1 aliphatic rings. The molecule has 172 valence electrons. The predicted molar refractivity (Wildman–Crippen MR) is 117 cm³/mol. The topological polar surface area (TPSA) is 99.2 Å². The van der Waals surface area contributed by atoms with E-state index in [1.165, 1.54) is 29.6 Å². The Morgan fingerprint density at radius 1 is 1.06 bits per heavy atom. The van der Waals surface area contributed by atoms with E-state index in [1.807, 2.05) is 0 Å². The second kappa shape index (κ2) is 9.99. The number of nitrogens with zero attached hydrogens (tertiary/aromatic N) is 1. The van der Waals surface area contributed by atoms with Crippen LogP contribution in [-0.2, 0) is 30.8 Å². The van der Waals surface area contributed by atoms with Crippen LogP contribution < -0.4 is 0 Å². The number of morpholine rings is 1. The third-order valence-corrected chi connectivity index (χ3v) is 7.20. The van der Waals surface area contributed by atoms with Crippen molar-refractivity contribution in [3.63, 3.8) is 0 Å². The van der Waals surface area contributed by atoms with Crippen LogP contribution in [0.3, 0.4) is 0 Å². The van der Waals surface area contributed by atoms with Crippen molar-refractivity contribution in [3.05, 3.63) is 64.2 Å². The number of hydrogen-bond acceptors (Lipinski definition) is 7. The molecular formula is C22H24ClNO7S. The lowest BCUT2D eigenvalue weighted by Gasteiger charge is -2.34. The number of benzene rings is 2. The number of methoxy groups -OCH3 is 1. The largest absolute Gasteiger partial charge is 0.465 e. The Morgan fingerprint density at radius 3 is 2.38 bits per heavy atom. The van der Waals surface area contributed by atoms with Crippen LogP contribution in [0.25, 0.3) is 0 Å². The lowest BCUT2D eigenvalue weighted by Crippen LogP contribution is -2.48. The van der Waals surface area contributed by atoms with Crippen molar-refractivity contribution in [2.24, 2.45) is 0 Å². The van der Waals surface area contributed by atoms with Crippen LogP contribution in [0.4, 0.5) is 0 Å². The predicted octanol–water partition coefficient (Wildman–Crippen LogP) is 3.28. The first kappa shape index (κ1) is 24.2. The molecule has 0 aliphatic carbocycles. The third-order valence-electron chi connectivity index (χ3n) is 4.89. The molecule has 3 rings (SSSR count). The van der Waals surface area contributed by atoms with Gasteiger partial charge in [0.2, 0.25) is 10.0 Å². The molecule has 1 heterocycles. The summed E-state index contributed by atoms with van der Waals surface area (Å²) in [6, 6.07) is 10.5. The quantitative estimate of drug-likeness (QED) is 0.584. The molecule has 2 aromatic carbocycles. The molecule has 8 nitrogen and oxygen atoms in total. The van der Waals surface area contributed by atoms with Crippen molar-refractivity contribution in [1.82, 2.24) is 4.31 Å². The first-order chi connectivity index (χ1) is 15.1. The lowest BCUT2D eigenvalue weighted by molar-refractivity contribution is -0.0440. The number of halogens is 1. The second-order valence-corrected chi connectivity index (χ2v) is 9.81. The van der Waals surface area contributed by atoms with E-state index >= 15 is 0 Å². The van der Waals surface area contributed by atoms with Crippen molar-refractivity contribution in [3.8, 4) is 0 Å². The van der Waals surface area contributed by atoms with E-state index in [1.54, 1.807) is 38.1 Å². The molecule has 2 aromatic rings. The molecule has 0 radical (unpaired) electrons. The van der Waals surface area contributed by atoms with Crippen LogP contribution in [0.1, 0.15) is 40.1 Å². The van der Waals surface area contributed by atoms with Gasteiger partial charge in [-0.25, -0.2) is 18.0 Å². The minimum atomic E-state index is -3.94. The fourth-order valence-electron chi connectivity index (χ4n) is 3.43. The summed E-state index contributed by atoms with van der Waals surface area (Å²) >= 11 is 6.18. The number of hydrogen-bond donors (Lipinski definition) is 0. The molecule has 1 aliphatic heterocycles. The van der Waals surface area contributed by atoms with Crippen LogP contribution in [0.15, 0.2) is 47.4 Å². The van der Waals surface area contributed by atoms with Gasteiger partial charge < -0.3 is 14.2 Å².